The summed E-state index contributed by atoms with van der Waals surface area (Å²) in [6, 6.07) is 21.5. The van der Waals surface area contributed by atoms with Crippen LogP contribution in [0, 0.1) is 5.92 Å². The molecule has 1 fully saturated rings. The van der Waals surface area contributed by atoms with Crippen LogP contribution in [0.4, 0.5) is 5.69 Å². The molecule has 3 atom stereocenters. The van der Waals surface area contributed by atoms with Crippen LogP contribution in [0.15, 0.2) is 82.6 Å². The van der Waals surface area contributed by atoms with E-state index in [9.17, 15) is 14.4 Å². The van der Waals surface area contributed by atoms with E-state index in [-0.39, 0.29) is 23.3 Å². The monoisotopic (exact) mass is 568 g/mol. The van der Waals surface area contributed by atoms with Crippen LogP contribution >= 0.6 is 46.3 Å². The Balaban J connectivity index is 1.45. The molecule has 6 nitrogen and oxygen atoms in total. The molecule has 0 bridgehead atoms. The number of nitrogens with zero attached hydrogens (tertiary/aromatic N) is 1. The molecule has 3 heterocycles. The van der Waals surface area contributed by atoms with Crippen molar-refractivity contribution in [3.05, 3.63) is 109 Å². The van der Waals surface area contributed by atoms with E-state index in [4.69, 9.17) is 27.9 Å². The molecule has 0 radical (unpaired) electrons. The van der Waals surface area contributed by atoms with Crippen molar-refractivity contribution in [1.29, 1.82) is 0 Å². The Hall–Kier alpha value is -3.04. The summed E-state index contributed by atoms with van der Waals surface area (Å²) >= 11 is 14.8. The first kappa shape index (κ1) is 24.3. The number of aromatic amines is 1. The maximum Gasteiger partial charge on any atom is 0.305 e. The van der Waals surface area contributed by atoms with Crippen molar-refractivity contribution >= 4 is 63.8 Å². The van der Waals surface area contributed by atoms with Crippen LogP contribution in [0.1, 0.15) is 21.9 Å². The lowest BCUT2D eigenvalue weighted by Gasteiger charge is -2.31. The summed E-state index contributed by atoms with van der Waals surface area (Å²) in [4.78, 5) is 44.4. The number of ether oxygens (including phenoxy) is 1. The number of hydrogen-bond acceptors (Lipinski definition) is 6. The van der Waals surface area contributed by atoms with Gasteiger partial charge in [0, 0.05) is 26.4 Å². The number of halogens is 2. The SMILES string of the molecule is O=C1C2Sc3[nH]c(=O)sc3C(c3cc(Cl)ccc3OCc3cccc(Cl)c3)C2C(=O)N1c1ccccc1. The van der Waals surface area contributed by atoms with Crippen LogP contribution in [0.5, 0.6) is 5.75 Å². The molecule has 2 amide bonds. The molecule has 10 heteroatoms. The van der Waals surface area contributed by atoms with Crippen LogP contribution < -0.4 is 14.5 Å². The van der Waals surface area contributed by atoms with Gasteiger partial charge in [0.2, 0.25) is 11.8 Å². The second-order valence-corrected chi connectivity index (χ2v) is 11.7. The summed E-state index contributed by atoms with van der Waals surface area (Å²) in [5, 5.41) is 0.955. The maximum absolute atomic E-state index is 13.9. The topological polar surface area (TPSA) is 79.5 Å². The number of fused-ring (bicyclic) bond motifs is 2. The highest BCUT2D eigenvalue weighted by Crippen LogP contribution is 2.54. The molecule has 4 aromatic rings. The van der Waals surface area contributed by atoms with Crippen molar-refractivity contribution in [2.75, 3.05) is 4.90 Å². The second-order valence-electron chi connectivity index (χ2n) is 8.70. The number of para-hydroxylation sites is 1. The first-order valence-corrected chi connectivity index (χ1v) is 13.8. The Bertz CT molecular complexity index is 1590. The number of amides is 2. The fraction of sp³-hybridized carbons (Fsp3) is 0.148. The number of aromatic nitrogens is 1. The Morgan fingerprint density at radius 1 is 0.892 bits per heavy atom. The van der Waals surface area contributed by atoms with E-state index in [0.29, 0.717) is 36.9 Å². The van der Waals surface area contributed by atoms with E-state index in [1.54, 1.807) is 48.5 Å². The minimum atomic E-state index is -0.733. The fourth-order valence-corrected chi connectivity index (χ4v) is 7.76. The normalized spacial score (nSPS) is 20.6. The van der Waals surface area contributed by atoms with Gasteiger partial charge in [0.05, 0.1) is 16.6 Å². The molecule has 1 saturated heterocycles. The standard InChI is InChI=1S/C27H18Cl2N2O4S2/c28-15-6-4-5-14(11-15)13-35-19-10-9-16(29)12-18(19)20-21-23(36-24-22(20)37-27(34)30-24)26(33)31(25(21)32)17-7-2-1-3-8-17/h1-12,20-21,23H,13H2,(H,30,34). The van der Waals surface area contributed by atoms with Crippen molar-refractivity contribution in [2.45, 2.75) is 22.8 Å². The Morgan fingerprint density at radius 2 is 1.68 bits per heavy atom. The molecule has 1 aromatic heterocycles. The van der Waals surface area contributed by atoms with Crippen LogP contribution in [0.3, 0.4) is 0 Å². The average molecular weight is 569 g/mol. The quantitative estimate of drug-likeness (QED) is 0.293. The van der Waals surface area contributed by atoms with Gasteiger partial charge in [0.1, 0.15) is 17.6 Å². The summed E-state index contributed by atoms with van der Waals surface area (Å²) in [7, 11) is 0. The van der Waals surface area contributed by atoms with Gasteiger partial charge in [-0.2, -0.15) is 0 Å². The summed E-state index contributed by atoms with van der Waals surface area (Å²) in [6.45, 7) is 0.240. The predicted octanol–water partition coefficient (Wildman–Crippen LogP) is 6.12. The molecule has 3 unspecified atom stereocenters. The average Bonchev–Trinajstić information content (AvgIpc) is 3.38. The highest BCUT2D eigenvalue weighted by Gasteiger charge is 2.56. The van der Waals surface area contributed by atoms with Gasteiger partial charge < -0.3 is 9.72 Å². The zero-order valence-corrected chi connectivity index (χ0v) is 22.2. The van der Waals surface area contributed by atoms with Crippen LogP contribution in [-0.4, -0.2) is 22.0 Å². The molecule has 0 saturated carbocycles. The molecule has 6 rings (SSSR count). The summed E-state index contributed by atoms with van der Waals surface area (Å²) < 4.78 is 6.21. The third-order valence-electron chi connectivity index (χ3n) is 6.43. The lowest BCUT2D eigenvalue weighted by atomic mass is 9.82. The highest BCUT2D eigenvalue weighted by molar-refractivity contribution is 8.00. The Morgan fingerprint density at radius 3 is 2.46 bits per heavy atom. The molecule has 0 aliphatic carbocycles. The van der Waals surface area contributed by atoms with E-state index < -0.39 is 17.1 Å². The molecule has 37 heavy (non-hydrogen) atoms. The van der Waals surface area contributed by atoms with Gasteiger partial charge in [-0.3, -0.25) is 14.4 Å². The van der Waals surface area contributed by atoms with Crippen LogP contribution in [0.2, 0.25) is 10.0 Å². The predicted molar refractivity (Wildman–Crippen MR) is 146 cm³/mol. The number of carbonyl (C=O) groups is 2. The van der Waals surface area contributed by atoms with Gasteiger partial charge in [-0.25, -0.2) is 4.90 Å². The maximum atomic E-state index is 13.9. The molecule has 2 aliphatic rings. The second kappa shape index (κ2) is 9.68. The first-order valence-electron chi connectivity index (χ1n) is 11.4. The molecule has 1 N–H and O–H groups in total. The van der Waals surface area contributed by atoms with Gasteiger partial charge in [0.15, 0.2) is 0 Å². The number of carbonyl (C=O) groups excluding carboxylic acids is 2. The first-order chi connectivity index (χ1) is 17.9. The Kier molecular flexibility index (Phi) is 6.36. The number of benzene rings is 3. The van der Waals surface area contributed by atoms with Crippen LogP contribution in [0.25, 0.3) is 0 Å². The zero-order valence-electron chi connectivity index (χ0n) is 19.0. The lowest BCUT2D eigenvalue weighted by Crippen LogP contribution is -2.32. The van der Waals surface area contributed by atoms with Gasteiger partial charge in [-0.1, -0.05) is 76.6 Å². The molecular formula is C27H18Cl2N2O4S2. The smallest absolute Gasteiger partial charge is 0.305 e. The van der Waals surface area contributed by atoms with Gasteiger partial charge in [0.25, 0.3) is 0 Å². The summed E-state index contributed by atoms with van der Waals surface area (Å²) in [5.74, 6) is -1.43. The van der Waals surface area contributed by atoms with Crippen molar-refractivity contribution < 1.29 is 14.3 Å². The largest absolute Gasteiger partial charge is 0.489 e. The van der Waals surface area contributed by atoms with Crippen molar-refractivity contribution in [2.24, 2.45) is 5.92 Å². The number of hydrogen-bond donors (Lipinski definition) is 1. The minimum Gasteiger partial charge on any atom is -0.489 e. The molecule has 0 spiro atoms. The van der Waals surface area contributed by atoms with Crippen LogP contribution in [-0.2, 0) is 16.2 Å². The van der Waals surface area contributed by atoms with E-state index >= 15 is 0 Å². The van der Waals surface area contributed by atoms with Crippen molar-refractivity contribution in [1.82, 2.24) is 4.98 Å². The Labute approximate surface area is 230 Å². The molecule has 2 aliphatic heterocycles. The van der Waals surface area contributed by atoms with E-state index in [1.165, 1.54) is 16.7 Å². The molecule has 3 aromatic carbocycles. The number of H-pyrrole nitrogens is 1. The summed E-state index contributed by atoms with van der Waals surface area (Å²) in [5.41, 5.74) is 2.05. The number of imide groups is 1. The van der Waals surface area contributed by atoms with Crippen molar-refractivity contribution in [3.8, 4) is 5.75 Å². The third kappa shape index (κ3) is 4.38. The van der Waals surface area contributed by atoms with Gasteiger partial charge in [-0.05, 0) is 48.0 Å². The van der Waals surface area contributed by atoms with Gasteiger partial charge >= 0.3 is 4.87 Å². The summed E-state index contributed by atoms with van der Waals surface area (Å²) in [6.07, 6.45) is 0. The molecular weight excluding hydrogens is 551 g/mol. The number of rotatable bonds is 5. The zero-order chi connectivity index (χ0) is 25.7. The minimum absolute atomic E-state index is 0.240. The third-order valence-corrected chi connectivity index (χ3v) is 9.30. The number of nitrogens with one attached hydrogen (secondary N) is 1. The van der Waals surface area contributed by atoms with E-state index in [0.717, 1.165) is 16.9 Å². The van der Waals surface area contributed by atoms with E-state index in [2.05, 4.69) is 4.98 Å². The molecule has 186 valence electrons. The lowest BCUT2D eigenvalue weighted by molar-refractivity contribution is -0.122. The van der Waals surface area contributed by atoms with E-state index in [1.807, 2.05) is 24.3 Å². The number of anilines is 1. The highest BCUT2D eigenvalue weighted by atomic mass is 35.5. The number of thiazole rings is 1. The fourth-order valence-electron chi connectivity index (χ4n) is 4.87. The van der Waals surface area contributed by atoms with Crippen molar-refractivity contribution in [3.63, 3.8) is 0 Å². The van der Waals surface area contributed by atoms with Gasteiger partial charge in [-0.15, -0.1) is 0 Å². The number of thioether (sulfide) groups is 1.